The molecule has 2 fully saturated rings. The van der Waals surface area contributed by atoms with Crippen LogP contribution < -0.4 is 4.90 Å². The van der Waals surface area contributed by atoms with Gasteiger partial charge in [0.05, 0.1) is 12.2 Å². The summed E-state index contributed by atoms with van der Waals surface area (Å²) in [5.41, 5.74) is -0.249. The SMILES string of the molecule is CCOC(=O)[C@]12C(=C(c3ccccc3)O[C@H]3CCC[C@H]31)C(=O)C(=O)N2c1ccccc1. The Kier molecular flexibility index (Phi) is 4.65. The number of ether oxygens (including phenoxy) is 2. The Morgan fingerprint density at radius 2 is 1.74 bits per heavy atom. The molecule has 1 aliphatic carbocycles. The number of Topliss-reactive ketones (excluding diaryl/α,β-unsaturated/α-hetero) is 1. The minimum absolute atomic E-state index is 0.106. The first-order chi connectivity index (χ1) is 15.1. The number of amides is 1. The predicted octanol–water partition coefficient (Wildman–Crippen LogP) is 3.51. The van der Waals surface area contributed by atoms with Crippen molar-refractivity contribution in [3.63, 3.8) is 0 Å². The minimum atomic E-state index is -1.53. The third-order valence-corrected chi connectivity index (χ3v) is 6.48. The van der Waals surface area contributed by atoms with Gasteiger partial charge in [0.15, 0.2) is 5.54 Å². The second-order valence-corrected chi connectivity index (χ2v) is 8.06. The van der Waals surface area contributed by atoms with E-state index in [2.05, 4.69) is 0 Å². The highest BCUT2D eigenvalue weighted by atomic mass is 16.5. The lowest BCUT2D eigenvalue weighted by molar-refractivity contribution is -0.152. The van der Waals surface area contributed by atoms with Gasteiger partial charge in [-0.2, -0.15) is 0 Å². The van der Waals surface area contributed by atoms with Crippen LogP contribution in [0, 0.1) is 5.92 Å². The molecule has 158 valence electrons. The van der Waals surface area contributed by atoms with Crippen LogP contribution in [-0.4, -0.2) is 35.9 Å². The molecule has 0 N–H and O–H groups in total. The summed E-state index contributed by atoms with van der Waals surface area (Å²) in [7, 11) is 0. The van der Waals surface area contributed by atoms with E-state index >= 15 is 0 Å². The second kappa shape index (κ2) is 7.38. The summed E-state index contributed by atoms with van der Waals surface area (Å²) < 4.78 is 11.9. The molecular weight excluding hydrogens is 394 g/mol. The first kappa shape index (κ1) is 19.5. The van der Waals surface area contributed by atoms with Gasteiger partial charge < -0.3 is 9.47 Å². The number of anilines is 1. The molecule has 1 saturated carbocycles. The molecule has 5 rings (SSSR count). The maximum absolute atomic E-state index is 13.7. The van der Waals surface area contributed by atoms with E-state index in [1.807, 2.05) is 36.4 Å². The molecule has 2 aromatic rings. The van der Waals surface area contributed by atoms with Crippen LogP contribution in [0.2, 0.25) is 0 Å². The summed E-state index contributed by atoms with van der Waals surface area (Å²) >= 11 is 0. The average Bonchev–Trinajstić information content (AvgIpc) is 3.36. The normalized spacial score (nSPS) is 27.1. The van der Waals surface area contributed by atoms with Crippen LogP contribution in [0.15, 0.2) is 66.2 Å². The van der Waals surface area contributed by atoms with Gasteiger partial charge in [0, 0.05) is 17.2 Å². The smallest absolute Gasteiger partial charge is 0.337 e. The Balaban J connectivity index is 1.85. The van der Waals surface area contributed by atoms with E-state index in [1.165, 1.54) is 4.90 Å². The van der Waals surface area contributed by atoms with Crippen molar-refractivity contribution in [2.45, 2.75) is 37.8 Å². The third-order valence-electron chi connectivity index (χ3n) is 6.48. The van der Waals surface area contributed by atoms with E-state index in [9.17, 15) is 14.4 Å². The summed E-state index contributed by atoms with van der Waals surface area (Å²) in [5.74, 6) is -2.04. The molecule has 2 heterocycles. The first-order valence-corrected chi connectivity index (χ1v) is 10.7. The molecule has 2 aliphatic heterocycles. The number of ketones is 1. The molecule has 1 amide bonds. The zero-order valence-corrected chi connectivity index (χ0v) is 17.2. The second-order valence-electron chi connectivity index (χ2n) is 8.06. The van der Waals surface area contributed by atoms with Crippen molar-refractivity contribution in [2.75, 3.05) is 11.5 Å². The van der Waals surface area contributed by atoms with E-state index in [4.69, 9.17) is 9.47 Å². The van der Waals surface area contributed by atoms with E-state index in [-0.39, 0.29) is 24.2 Å². The maximum Gasteiger partial charge on any atom is 0.337 e. The highest BCUT2D eigenvalue weighted by Gasteiger charge is 2.70. The van der Waals surface area contributed by atoms with Gasteiger partial charge in [-0.15, -0.1) is 0 Å². The number of rotatable bonds is 4. The van der Waals surface area contributed by atoms with Gasteiger partial charge in [0.1, 0.15) is 11.9 Å². The minimum Gasteiger partial charge on any atom is -0.489 e. The number of carbonyl (C=O) groups excluding carboxylic acids is 3. The lowest BCUT2D eigenvalue weighted by Gasteiger charge is -2.46. The monoisotopic (exact) mass is 417 g/mol. The number of carbonyl (C=O) groups is 3. The number of esters is 1. The average molecular weight is 417 g/mol. The molecule has 6 heteroatoms. The van der Waals surface area contributed by atoms with Crippen molar-refractivity contribution in [3.8, 4) is 0 Å². The number of hydrogen-bond donors (Lipinski definition) is 0. The number of fused-ring (bicyclic) bond motifs is 3. The Morgan fingerprint density at radius 3 is 2.42 bits per heavy atom. The van der Waals surface area contributed by atoms with Gasteiger partial charge in [-0.25, -0.2) is 4.79 Å². The van der Waals surface area contributed by atoms with Crippen LogP contribution in [0.3, 0.4) is 0 Å². The summed E-state index contributed by atoms with van der Waals surface area (Å²) in [6.07, 6.45) is 1.98. The highest BCUT2D eigenvalue weighted by molar-refractivity contribution is 6.54. The fraction of sp³-hybridized carbons (Fsp3) is 0.320. The van der Waals surface area contributed by atoms with Crippen molar-refractivity contribution in [1.82, 2.24) is 0 Å². The van der Waals surface area contributed by atoms with Gasteiger partial charge in [-0.05, 0) is 38.3 Å². The van der Waals surface area contributed by atoms with Crippen molar-refractivity contribution in [3.05, 3.63) is 71.8 Å². The summed E-state index contributed by atoms with van der Waals surface area (Å²) in [6.45, 7) is 1.88. The molecule has 2 aromatic carbocycles. The summed E-state index contributed by atoms with van der Waals surface area (Å²) in [4.78, 5) is 42.0. The van der Waals surface area contributed by atoms with Gasteiger partial charge in [-0.3, -0.25) is 14.5 Å². The Hall–Kier alpha value is -3.41. The lowest BCUT2D eigenvalue weighted by Crippen LogP contribution is -2.62. The quantitative estimate of drug-likeness (QED) is 0.562. The van der Waals surface area contributed by atoms with Gasteiger partial charge >= 0.3 is 11.9 Å². The van der Waals surface area contributed by atoms with E-state index in [0.29, 0.717) is 23.4 Å². The fourth-order valence-electron chi connectivity index (χ4n) is 5.32. The Bertz CT molecular complexity index is 1080. The largest absolute Gasteiger partial charge is 0.489 e. The molecule has 31 heavy (non-hydrogen) atoms. The predicted molar refractivity (Wildman–Crippen MR) is 114 cm³/mol. The molecular formula is C25H23NO5. The number of hydrogen-bond acceptors (Lipinski definition) is 5. The molecule has 0 aromatic heterocycles. The lowest BCUT2D eigenvalue weighted by atomic mass is 9.72. The van der Waals surface area contributed by atoms with Crippen molar-refractivity contribution < 1.29 is 23.9 Å². The van der Waals surface area contributed by atoms with E-state index < -0.39 is 23.2 Å². The van der Waals surface area contributed by atoms with Crippen molar-refractivity contribution in [1.29, 1.82) is 0 Å². The molecule has 1 saturated heterocycles. The Morgan fingerprint density at radius 1 is 1.06 bits per heavy atom. The number of para-hydroxylation sites is 1. The van der Waals surface area contributed by atoms with Crippen LogP contribution in [0.5, 0.6) is 0 Å². The summed E-state index contributed by atoms with van der Waals surface area (Å²) in [6, 6.07) is 18.1. The van der Waals surface area contributed by atoms with Crippen molar-refractivity contribution in [2.24, 2.45) is 5.92 Å². The molecule has 0 radical (unpaired) electrons. The van der Waals surface area contributed by atoms with Gasteiger partial charge in [0.2, 0.25) is 0 Å². The first-order valence-electron chi connectivity index (χ1n) is 10.7. The molecule has 3 aliphatic rings. The van der Waals surface area contributed by atoms with E-state index in [0.717, 1.165) is 12.8 Å². The van der Waals surface area contributed by atoms with Crippen LogP contribution in [0.4, 0.5) is 5.69 Å². The van der Waals surface area contributed by atoms with Crippen LogP contribution in [0.1, 0.15) is 31.7 Å². The zero-order chi connectivity index (χ0) is 21.6. The van der Waals surface area contributed by atoms with E-state index in [1.54, 1.807) is 31.2 Å². The van der Waals surface area contributed by atoms with Crippen molar-refractivity contribution >= 4 is 29.1 Å². The molecule has 6 nitrogen and oxygen atoms in total. The zero-order valence-electron chi connectivity index (χ0n) is 17.2. The van der Waals surface area contributed by atoms with Crippen LogP contribution in [-0.2, 0) is 23.9 Å². The van der Waals surface area contributed by atoms with Gasteiger partial charge in [-0.1, -0.05) is 48.5 Å². The fourth-order valence-corrected chi connectivity index (χ4v) is 5.32. The maximum atomic E-state index is 13.7. The standard InChI is InChI=1S/C25H23NO5/c1-2-30-24(29)25-18-14-9-15-19(18)31-22(16-10-5-3-6-11-16)20(25)21(27)23(28)26(25)17-12-7-4-8-13-17/h3-8,10-13,18-19H,2,9,14-15H2,1H3/t18-,19+,25-/m1/s1. The number of nitrogens with zero attached hydrogens (tertiary/aromatic N) is 1. The van der Waals surface area contributed by atoms with Gasteiger partial charge in [0.25, 0.3) is 5.78 Å². The van der Waals surface area contributed by atoms with Crippen LogP contribution >= 0.6 is 0 Å². The molecule has 0 spiro atoms. The topological polar surface area (TPSA) is 72.9 Å². The summed E-state index contributed by atoms with van der Waals surface area (Å²) in [5, 5.41) is 0. The number of benzene rings is 2. The molecule has 3 atom stereocenters. The Labute approximate surface area is 180 Å². The van der Waals surface area contributed by atoms with Crippen LogP contribution in [0.25, 0.3) is 5.76 Å². The molecule has 0 unspecified atom stereocenters. The third kappa shape index (κ3) is 2.67. The highest BCUT2D eigenvalue weighted by Crippen LogP contribution is 2.55. The molecule has 0 bridgehead atoms.